The van der Waals surface area contributed by atoms with Gasteiger partial charge in [0.1, 0.15) is 17.2 Å². The van der Waals surface area contributed by atoms with Gasteiger partial charge in [0.05, 0.1) is 27.7 Å². The molecule has 0 radical (unpaired) electrons. The summed E-state index contributed by atoms with van der Waals surface area (Å²) in [5.41, 5.74) is -0.0432. The topological polar surface area (TPSA) is 135 Å². The van der Waals surface area contributed by atoms with Crippen LogP contribution in [0.4, 0.5) is 0 Å². The van der Waals surface area contributed by atoms with Gasteiger partial charge in [0.15, 0.2) is 11.6 Å². The SMILES string of the molecule is C[C@@]1(O)CC(=O)c2c(cc3ccc(-c4c5c(c(O)c6c(O)cccc46)C(=O)C[C@@](C)(O)C5)cc3c2O)C1. The summed E-state index contributed by atoms with van der Waals surface area (Å²) in [5.74, 6) is -1.43. The van der Waals surface area contributed by atoms with Crippen LogP contribution in [0.15, 0.2) is 42.5 Å². The van der Waals surface area contributed by atoms with Crippen LogP contribution in [0.1, 0.15) is 58.5 Å². The molecule has 0 amide bonds. The number of aliphatic hydroxyl groups is 2. The number of aromatic hydroxyl groups is 3. The average Bonchev–Trinajstić information content (AvgIpc) is 2.77. The van der Waals surface area contributed by atoms with E-state index in [1.807, 2.05) is 0 Å². The first kappa shape index (κ1) is 23.5. The normalized spacial score (nSPS) is 23.4. The zero-order valence-electron chi connectivity index (χ0n) is 20.4. The molecule has 2 atom stereocenters. The number of phenolic OH excluding ortho intramolecular Hbond substituents is 3. The molecule has 0 aliphatic heterocycles. The summed E-state index contributed by atoms with van der Waals surface area (Å²) in [6.45, 7) is 3.17. The third kappa shape index (κ3) is 3.49. The van der Waals surface area contributed by atoms with Crippen molar-refractivity contribution in [2.75, 3.05) is 0 Å². The molecule has 37 heavy (non-hydrogen) atoms. The molecule has 0 spiro atoms. The molecule has 2 aliphatic carbocycles. The highest BCUT2D eigenvalue weighted by molar-refractivity contribution is 6.15. The molecule has 0 heterocycles. The Kier molecular flexibility index (Phi) is 4.78. The van der Waals surface area contributed by atoms with Gasteiger partial charge >= 0.3 is 0 Å². The Hall–Kier alpha value is -3.94. The van der Waals surface area contributed by atoms with Crippen molar-refractivity contribution in [3.63, 3.8) is 0 Å². The minimum Gasteiger partial charge on any atom is -0.507 e. The summed E-state index contributed by atoms with van der Waals surface area (Å²) in [5, 5.41) is 55.9. The first-order valence-electron chi connectivity index (χ1n) is 12.2. The molecule has 2 aliphatic rings. The lowest BCUT2D eigenvalue weighted by Gasteiger charge is -2.32. The van der Waals surface area contributed by atoms with Gasteiger partial charge in [-0.15, -0.1) is 0 Å². The summed E-state index contributed by atoms with van der Waals surface area (Å²) in [6, 6.07) is 11.9. The molecule has 188 valence electrons. The minimum absolute atomic E-state index is 0.0719. The molecule has 0 fully saturated rings. The largest absolute Gasteiger partial charge is 0.507 e. The fraction of sp³-hybridized carbons (Fsp3) is 0.267. The lowest BCUT2D eigenvalue weighted by Crippen LogP contribution is -2.36. The quantitative estimate of drug-likeness (QED) is 0.260. The number of phenols is 3. The molecule has 7 nitrogen and oxygen atoms in total. The third-order valence-corrected chi connectivity index (χ3v) is 7.64. The fourth-order valence-corrected chi connectivity index (χ4v) is 6.18. The highest BCUT2D eigenvalue weighted by atomic mass is 16.3. The van der Waals surface area contributed by atoms with Crippen LogP contribution >= 0.6 is 0 Å². The Balaban J connectivity index is 1.68. The molecule has 0 saturated heterocycles. The predicted molar refractivity (Wildman–Crippen MR) is 138 cm³/mol. The molecule has 0 saturated carbocycles. The van der Waals surface area contributed by atoms with E-state index in [0.717, 1.165) is 0 Å². The molecule has 4 aromatic rings. The van der Waals surface area contributed by atoms with Crippen molar-refractivity contribution in [2.24, 2.45) is 0 Å². The second-order valence-corrected chi connectivity index (χ2v) is 11.0. The standard InChI is InChI=1S/C30H26O7/c1-29(36)10-16-8-14-6-7-15(9-18(14)27(34)24(16)21(32)12-29)23-17-4-3-5-20(31)25(17)28(35)26-19(23)11-30(2,37)13-22(26)33/h3-9,31,34-37H,10-13H2,1-2H3/t29-,30-/m0/s1. The highest BCUT2D eigenvalue weighted by Crippen LogP contribution is 2.49. The number of ketones is 2. The second-order valence-electron chi connectivity index (χ2n) is 11.0. The maximum Gasteiger partial charge on any atom is 0.169 e. The molecular formula is C30H26O7. The first-order valence-corrected chi connectivity index (χ1v) is 12.2. The van der Waals surface area contributed by atoms with Gasteiger partial charge < -0.3 is 25.5 Å². The highest BCUT2D eigenvalue weighted by Gasteiger charge is 2.38. The van der Waals surface area contributed by atoms with Gasteiger partial charge in [-0.1, -0.05) is 30.3 Å². The number of hydrogen-bond donors (Lipinski definition) is 5. The van der Waals surface area contributed by atoms with Crippen LogP contribution in [-0.2, 0) is 12.8 Å². The lowest BCUT2D eigenvalue weighted by atomic mass is 9.75. The maximum absolute atomic E-state index is 13.1. The summed E-state index contributed by atoms with van der Waals surface area (Å²) in [6.07, 6.45) is 0.0875. The van der Waals surface area contributed by atoms with Crippen LogP contribution in [0.5, 0.6) is 17.2 Å². The van der Waals surface area contributed by atoms with E-state index in [4.69, 9.17) is 0 Å². The summed E-state index contributed by atoms with van der Waals surface area (Å²) in [4.78, 5) is 25.9. The number of rotatable bonds is 1. The van der Waals surface area contributed by atoms with E-state index in [9.17, 15) is 35.1 Å². The zero-order chi connectivity index (χ0) is 26.4. The van der Waals surface area contributed by atoms with Gasteiger partial charge in [0.2, 0.25) is 0 Å². The van der Waals surface area contributed by atoms with E-state index in [-0.39, 0.29) is 65.2 Å². The van der Waals surface area contributed by atoms with Crippen molar-refractivity contribution in [1.29, 1.82) is 0 Å². The van der Waals surface area contributed by atoms with Crippen molar-refractivity contribution in [1.82, 2.24) is 0 Å². The predicted octanol–water partition coefficient (Wildman–Crippen LogP) is 4.54. The van der Waals surface area contributed by atoms with Crippen LogP contribution in [0.3, 0.4) is 0 Å². The molecule has 4 aromatic carbocycles. The Morgan fingerprint density at radius 1 is 0.703 bits per heavy atom. The van der Waals surface area contributed by atoms with Crippen LogP contribution in [0.25, 0.3) is 32.7 Å². The fourth-order valence-electron chi connectivity index (χ4n) is 6.18. The molecular weight excluding hydrogens is 472 g/mol. The van der Waals surface area contributed by atoms with E-state index in [2.05, 4.69) is 0 Å². The molecule has 7 heteroatoms. The third-order valence-electron chi connectivity index (χ3n) is 7.64. The van der Waals surface area contributed by atoms with Gasteiger partial charge in [-0.3, -0.25) is 9.59 Å². The molecule has 0 unspecified atom stereocenters. The van der Waals surface area contributed by atoms with Crippen molar-refractivity contribution in [3.8, 4) is 28.4 Å². The van der Waals surface area contributed by atoms with Crippen molar-refractivity contribution in [2.45, 2.75) is 50.7 Å². The summed E-state index contributed by atoms with van der Waals surface area (Å²) < 4.78 is 0. The molecule has 6 rings (SSSR count). The van der Waals surface area contributed by atoms with E-state index >= 15 is 0 Å². The minimum atomic E-state index is -1.32. The Morgan fingerprint density at radius 3 is 2.11 bits per heavy atom. The smallest absolute Gasteiger partial charge is 0.169 e. The Bertz CT molecular complexity index is 1690. The lowest BCUT2D eigenvalue weighted by molar-refractivity contribution is 0.0396. The Morgan fingerprint density at radius 2 is 1.38 bits per heavy atom. The first-order chi connectivity index (χ1) is 17.4. The number of carbonyl (C=O) groups is 2. The Labute approximate surface area is 212 Å². The van der Waals surface area contributed by atoms with Crippen molar-refractivity contribution >= 4 is 33.1 Å². The van der Waals surface area contributed by atoms with Crippen molar-refractivity contribution < 1.29 is 35.1 Å². The van der Waals surface area contributed by atoms with Gasteiger partial charge in [-0.05, 0) is 59.0 Å². The summed E-state index contributed by atoms with van der Waals surface area (Å²) in [7, 11) is 0. The average molecular weight is 499 g/mol. The van der Waals surface area contributed by atoms with Gasteiger partial charge in [-0.2, -0.15) is 0 Å². The number of benzene rings is 4. The van der Waals surface area contributed by atoms with Gasteiger partial charge in [0.25, 0.3) is 0 Å². The molecule has 0 bridgehead atoms. The van der Waals surface area contributed by atoms with E-state index < -0.39 is 17.0 Å². The van der Waals surface area contributed by atoms with Crippen LogP contribution in [0.2, 0.25) is 0 Å². The van der Waals surface area contributed by atoms with E-state index in [1.165, 1.54) is 6.07 Å². The molecule has 5 N–H and O–H groups in total. The monoisotopic (exact) mass is 498 g/mol. The molecule has 0 aromatic heterocycles. The number of hydrogen-bond acceptors (Lipinski definition) is 7. The maximum atomic E-state index is 13.1. The van der Waals surface area contributed by atoms with Crippen LogP contribution in [-0.4, -0.2) is 48.3 Å². The van der Waals surface area contributed by atoms with Crippen LogP contribution < -0.4 is 0 Å². The van der Waals surface area contributed by atoms with Gasteiger partial charge in [0, 0.05) is 31.1 Å². The van der Waals surface area contributed by atoms with E-state index in [1.54, 1.807) is 50.2 Å². The number of fused-ring (bicyclic) bond motifs is 4. The zero-order valence-corrected chi connectivity index (χ0v) is 20.4. The summed E-state index contributed by atoms with van der Waals surface area (Å²) >= 11 is 0. The van der Waals surface area contributed by atoms with E-state index in [0.29, 0.717) is 38.4 Å². The number of Topliss-reactive ketones (excluding diaryl/α,β-unsaturated/α-hetero) is 2. The van der Waals surface area contributed by atoms with Crippen LogP contribution in [0, 0.1) is 0 Å². The van der Waals surface area contributed by atoms with Crippen molar-refractivity contribution in [3.05, 3.63) is 64.7 Å². The second kappa shape index (κ2) is 7.54. The van der Waals surface area contributed by atoms with Gasteiger partial charge in [-0.25, -0.2) is 0 Å². The number of carbonyl (C=O) groups excluding carboxylic acids is 2.